The van der Waals surface area contributed by atoms with E-state index in [1.165, 1.54) is 24.2 Å². The van der Waals surface area contributed by atoms with Crippen molar-refractivity contribution in [3.63, 3.8) is 0 Å². The summed E-state index contributed by atoms with van der Waals surface area (Å²) in [6.45, 7) is 3.42. The van der Waals surface area contributed by atoms with Crippen LogP contribution in [0.5, 0.6) is 0 Å². The van der Waals surface area contributed by atoms with Gasteiger partial charge in [0.2, 0.25) is 0 Å². The van der Waals surface area contributed by atoms with E-state index < -0.39 is 0 Å². The van der Waals surface area contributed by atoms with E-state index in [4.69, 9.17) is 11.6 Å². The summed E-state index contributed by atoms with van der Waals surface area (Å²) in [5.74, 6) is 0. The van der Waals surface area contributed by atoms with Crippen LogP contribution in [0.15, 0.2) is 18.2 Å². The number of nitrogens with one attached hydrogen (secondary N) is 1. The third kappa shape index (κ3) is 1.35. The van der Waals surface area contributed by atoms with Crippen molar-refractivity contribution in [2.45, 2.75) is 11.8 Å². The zero-order valence-electron chi connectivity index (χ0n) is 8.89. The van der Waals surface area contributed by atoms with Crippen LogP contribution in [0, 0.1) is 0 Å². The Labute approximate surface area is 95.2 Å². The van der Waals surface area contributed by atoms with Crippen molar-refractivity contribution in [1.82, 2.24) is 4.90 Å². The zero-order valence-corrected chi connectivity index (χ0v) is 9.64. The van der Waals surface area contributed by atoms with Gasteiger partial charge in [0.15, 0.2) is 0 Å². The number of nitrogens with zero attached hydrogens (tertiary/aromatic N) is 1. The zero-order chi connectivity index (χ0) is 10.5. The quantitative estimate of drug-likeness (QED) is 0.725. The fraction of sp³-hybridized carbons (Fsp3) is 0.500. The summed E-state index contributed by atoms with van der Waals surface area (Å²) >= 11 is 6.00. The van der Waals surface area contributed by atoms with Crippen molar-refractivity contribution in [3.05, 3.63) is 28.8 Å². The molecule has 1 aromatic rings. The molecule has 0 radical (unpaired) electrons. The number of likely N-dealkylation sites (tertiary alicyclic amines) is 1. The predicted octanol–water partition coefficient (Wildman–Crippen LogP) is 2.34. The van der Waals surface area contributed by atoms with E-state index >= 15 is 0 Å². The lowest BCUT2D eigenvalue weighted by molar-refractivity contribution is 0.381. The molecule has 0 amide bonds. The average molecular weight is 223 g/mol. The largest absolute Gasteiger partial charge is 0.384 e. The van der Waals surface area contributed by atoms with Gasteiger partial charge in [-0.2, -0.15) is 0 Å². The van der Waals surface area contributed by atoms with Crippen molar-refractivity contribution in [1.29, 1.82) is 0 Å². The van der Waals surface area contributed by atoms with Crippen molar-refractivity contribution in [3.8, 4) is 0 Å². The molecule has 1 saturated heterocycles. The van der Waals surface area contributed by atoms with Crippen LogP contribution in [-0.4, -0.2) is 31.6 Å². The highest BCUT2D eigenvalue weighted by molar-refractivity contribution is 6.30. The molecule has 1 unspecified atom stereocenters. The molecule has 0 bridgehead atoms. The van der Waals surface area contributed by atoms with Crippen LogP contribution in [0.3, 0.4) is 0 Å². The van der Waals surface area contributed by atoms with Gasteiger partial charge in [0, 0.05) is 29.2 Å². The number of halogens is 1. The summed E-state index contributed by atoms with van der Waals surface area (Å²) in [4.78, 5) is 2.41. The Bertz CT molecular complexity index is 405. The summed E-state index contributed by atoms with van der Waals surface area (Å²) in [6, 6.07) is 6.24. The topological polar surface area (TPSA) is 15.3 Å². The summed E-state index contributed by atoms with van der Waals surface area (Å²) < 4.78 is 0. The van der Waals surface area contributed by atoms with E-state index in [9.17, 15) is 0 Å². The smallest absolute Gasteiger partial charge is 0.0426 e. The summed E-state index contributed by atoms with van der Waals surface area (Å²) in [6.07, 6.45) is 1.26. The molecule has 1 aromatic carbocycles. The first kappa shape index (κ1) is 9.49. The van der Waals surface area contributed by atoms with Crippen LogP contribution in [0.2, 0.25) is 5.02 Å². The molecular weight excluding hydrogens is 208 g/mol. The molecular formula is C12H15ClN2. The van der Waals surface area contributed by atoms with Gasteiger partial charge in [0.1, 0.15) is 0 Å². The van der Waals surface area contributed by atoms with Crippen LogP contribution in [0.1, 0.15) is 12.0 Å². The number of likely N-dealkylation sites (N-methyl/N-ethyl adjacent to an activating group) is 1. The maximum atomic E-state index is 6.00. The molecule has 80 valence electrons. The maximum absolute atomic E-state index is 6.00. The third-order valence-corrected chi connectivity index (χ3v) is 3.95. The van der Waals surface area contributed by atoms with E-state index in [2.05, 4.69) is 23.3 Å². The number of anilines is 1. The Balaban J connectivity index is 2.04. The fourth-order valence-corrected chi connectivity index (χ4v) is 3.10. The van der Waals surface area contributed by atoms with E-state index in [0.29, 0.717) is 5.41 Å². The highest BCUT2D eigenvalue weighted by Crippen LogP contribution is 2.43. The Morgan fingerprint density at radius 3 is 3.07 bits per heavy atom. The van der Waals surface area contributed by atoms with Crippen LogP contribution >= 0.6 is 11.6 Å². The molecule has 0 aromatic heterocycles. The Hall–Kier alpha value is -0.730. The number of rotatable bonds is 0. The molecule has 0 saturated carbocycles. The second-order valence-corrected chi connectivity index (χ2v) is 5.25. The average Bonchev–Trinajstić information content (AvgIpc) is 2.73. The van der Waals surface area contributed by atoms with Crippen LogP contribution in [-0.2, 0) is 5.41 Å². The van der Waals surface area contributed by atoms with Gasteiger partial charge in [-0.3, -0.25) is 0 Å². The molecule has 15 heavy (non-hydrogen) atoms. The van der Waals surface area contributed by atoms with Crippen LogP contribution < -0.4 is 5.32 Å². The van der Waals surface area contributed by atoms with Gasteiger partial charge in [0.05, 0.1) is 0 Å². The third-order valence-electron chi connectivity index (χ3n) is 3.71. The number of hydrogen-bond donors (Lipinski definition) is 1. The molecule has 3 rings (SSSR count). The first-order valence-electron chi connectivity index (χ1n) is 5.42. The first-order chi connectivity index (χ1) is 7.20. The summed E-state index contributed by atoms with van der Waals surface area (Å²) in [5, 5.41) is 4.31. The molecule has 2 nitrogen and oxygen atoms in total. The molecule has 1 N–H and O–H groups in total. The molecule has 2 aliphatic heterocycles. The second-order valence-electron chi connectivity index (χ2n) is 4.81. The van der Waals surface area contributed by atoms with Gasteiger partial charge >= 0.3 is 0 Å². The highest BCUT2D eigenvalue weighted by atomic mass is 35.5. The maximum Gasteiger partial charge on any atom is 0.0426 e. The second kappa shape index (κ2) is 3.13. The van der Waals surface area contributed by atoms with Gasteiger partial charge in [-0.15, -0.1) is 0 Å². The molecule has 1 atom stereocenters. The molecule has 0 aliphatic carbocycles. The van der Waals surface area contributed by atoms with Crippen LogP contribution in [0.25, 0.3) is 0 Å². The van der Waals surface area contributed by atoms with E-state index in [1.807, 2.05) is 12.1 Å². The molecule has 2 heterocycles. The Morgan fingerprint density at radius 1 is 1.47 bits per heavy atom. The number of fused-ring (bicyclic) bond motifs is 2. The molecule has 1 fully saturated rings. The highest BCUT2D eigenvalue weighted by Gasteiger charge is 2.43. The predicted molar refractivity (Wildman–Crippen MR) is 63.7 cm³/mol. The van der Waals surface area contributed by atoms with E-state index in [0.717, 1.165) is 18.1 Å². The first-order valence-corrected chi connectivity index (χ1v) is 5.80. The monoisotopic (exact) mass is 222 g/mol. The minimum Gasteiger partial charge on any atom is -0.384 e. The standard InChI is InChI=1S/C12H15ClN2/c1-15-5-4-12(8-15)7-14-11-6-9(13)2-3-10(11)12/h2-3,6,14H,4-5,7-8H2,1H3. The normalized spacial score (nSPS) is 29.5. The Morgan fingerprint density at radius 2 is 2.33 bits per heavy atom. The lowest BCUT2D eigenvalue weighted by Crippen LogP contribution is -2.31. The van der Waals surface area contributed by atoms with Gasteiger partial charge in [-0.05, 0) is 37.7 Å². The van der Waals surface area contributed by atoms with Crippen molar-refractivity contribution in [2.24, 2.45) is 0 Å². The number of hydrogen-bond acceptors (Lipinski definition) is 2. The molecule has 1 spiro atoms. The lowest BCUT2D eigenvalue weighted by Gasteiger charge is -2.22. The molecule has 2 aliphatic rings. The van der Waals surface area contributed by atoms with Gasteiger partial charge in [-0.25, -0.2) is 0 Å². The SMILES string of the molecule is CN1CCC2(CNc3cc(Cl)ccc32)C1. The number of benzene rings is 1. The fourth-order valence-electron chi connectivity index (χ4n) is 2.93. The van der Waals surface area contributed by atoms with Crippen LogP contribution in [0.4, 0.5) is 5.69 Å². The van der Waals surface area contributed by atoms with Gasteiger partial charge < -0.3 is 10.2 Å². The van der Waals surface area contributed by atoms with E-state index in [1.54, 1.807) is 0 Å². The van der Waals surface area contributed by atoms with Crippen molar-refractivity contribution >= 4 is 17.3 Å². The van der Waals surface area contributed by atoms with Gasteiger partial charge in [-0.1, -0.05) is 17.7 Å². The summed E-state index contributed by atoms with van der Waals surface area (Å²) in [5.41, 5.74) is 3.03. The molecule has 3 heteroatoms. The minimum atomic E-state index is 0.342. The van der Waals surface area contributed by atoms with Gasteiger partial charge in [0.25, 0.3) is 0 Å². The lowest BCUT2D eigenvalue weighted by atomic mass is 9.82. The van der Waals surface area contributed by atoms with Crippen molar-refractivity contribution < 1.29 is 0 Å². The van der Waals surface area contributed by atoms with E-state index in [-0.39, 0.29) is 0 Å². The van der Waals surface area contributed by atoms with Crippen molar-refractivity contribution in [2.75, 3.05) is 32.0 Å². The Kier molecular flexibility index (Phi) is 1.98. The summed E-state index contributed by atoms with van der Waals surface area (Å²) in [7, 11) is 2.20. The minimum absolute atomic E-state index is 0.342.